The molecule has 1 heterocycles. The number of para-hydroxylation sites is 1. The lowest BCUT2D eigenvalue weighted by atomic mass is 9.92. The summed E-state index contributed by atoms with van der Waals surface area (Å²) in [6.07, 6.45) is 2.57. The van der Waals surface area contributed by atoms with E-state index in [1.54, 1.807) is 7.11 Å². The standard InChI is InChI=1S/C14H18O3/c1-16-14-5-3-2-4-12(14)13(15)10-11-6-8-17-9-7-11/h2-5,11H,6-10H2,1H3. The van der Waals surface area contributed by atoms with Crippen LogP contribution in [0.4, 0.5) is 0 Å². The molecule has 17 heavy (non-hydrogen) atoms. The topological polar surface area (TPSA) is 35.5 Å². The van der Waals surface area contributed by atoms with E-state index in [0.717, 1.165) is 26.1 Å². The van der Waals surface area contributed by atoms with Gasteiger partial charge in [0.25, 0.3) is 0 Å². The summed E-state index contributed by atoms with van der Waals surface area (Å²) in [4.78, 5) is 12.2. The number of Topliss-reactive ketones (excluding diaryl/α,β-unsaturated/α-hetero) is 1. The minimum Gasteiger partial charge on any atom is -0.496 e. The number of methoxy groups -OCH3 is 1. The van der Waals surface area contributed by atoms with Crippen molar-refractivity contribution in [3.8, 4) is 5.75 Å². The zero-order valence-electron chi connectivity index (χ0n) is 10.1. The van der Waals surface area contributed by atoms with Gasteiger partial charge in [0.2, 0.25) is 0 Å². The van der Waals surface area contributed by atoms with Crippen LogP contribution in [0, 0.1) is 5.92 Å². The maximum Gasteiger partial charge on any atom is 0.166 e. The Kier molecular flexibility index (Phi) is 4.15. The highest BCUT2D eigenvalue weighted by atomic mass is 16.5. The Hall–Kier alpha value is -1.35. The van der Waals surface area contributed by atoms with Gasteiger partial charge in [0.1, 0.15) is 5.75 Å². The molecule has 0 aliphatic carbocycles. The van der Waals surface area contributed by atoms with Gasteiger partial charge in [-0.25, -0.2) is 0 Å². The van der Waals surface area contributed by atoms with E-state index in [4.69, 9.17) is 9.47 Å². The van der Waals surface area contributed by atoms with Crippen LogP contribution in [-0.4, -0.2) is 26.1 Å². The zero-order valence-corrected chi connectivity index (χ0v) is 10.1. The summed E-state index contributed by atoms with van der Waals surface area (Å²) < 4.78 is 10.5. The monoisotopic (exact) mass is 234 g/mol. The van der Waals surface area contributed by atoms with E-state index in [1.165, 1.54) is 0 Å². The van der Waals surface area contributed by atoms with E-state index < -0.39 is 0 Å². The molecule has 0 radical (unpaired) electrons. The van der Waals surface area contributed by atoms with Gasteiger partial charge in [0.15, 0.2) is 5.78 Å². The summed E-state index contributed by atoms with van der Waals surface area (Å²) in [5.41, 5.74) is 0.696. The van der Waals surface area contributed by atoms with Crippen molar-refractivity contribution >= 4 is 5.78 Å². The molecule has 92 valence electrons. The molecular formula is C14H18O3. The molecule has 0 N–H and O–H groups in total. The molecule has 1 aliphatic rings. The minimum absolute atomic E-state index is 0.175. The number of benzene rings is 1. The van der Waals surface area contributed by atoms with Gasteiger partial charge in [-0.15, -0.1) is 0 Å². The van der Waals surface area contributed by atoms with E-state index in [9.17, 15) is 4.79 Å². The predicted octanol–water partition coefficient (Wildman–Crippen LogP) is 2.69. The van der Waals surface area contributed by atoms with Crippen molar-refractivity contribution in [2.24, 2.45) is 5.92 Å². The highest BCUT2D eigenvalue weighted by Crippen LogP contribution is 2.24. The maximum atomic E-state index is 12.2. The molecule has 1 aromatic carbocycles. The predicted molar refractivity (Wildman–Crippen MR) is 65.5 cm³/mol. The van der Waals surface area contributed by atoms with Crippen molar-refractivity contribution < 1.29 is 14.3 Å². The van der Waals surface area contributed by atoms with Gasteiger partial charge in [-0.1, -0.05) is 12.1 Å². The van der Waals surface area contributed by atoms with E-state index in [-0.39, 0.29) is 5.78 Å². The van der Waals surface area contributed by atoms with Crippen molar-refractivity contribution in [2.75, 3.05) is 20.3 Å². The quantitative estimate of drug-likeness (QED) is 0.751. The molecule has 2 rings (SSSR count). The Balaban J connectivity index is 2.03. The summed E-state index contributed by atoms with van der Waals surface area (Å²) in [6.45, 7) is 1.56. The number of rotatable bonds is 4. The van der Waals surface area contributed by atoms with Crippen LogP contribution >= 0.6 is 0 Å². The van der Waals surface area contributed by atoms with Crippen LogP contribution in [0.1, 0.15) is 29.6 Å². The average molecular weight is 234 g/mol. The van der Waals surface area contributed by atoms with E-state index in [1.807, 2.05) is 24.3 Å². The lowest BCUT2D eigenvalue weighted by molar-refractivity contribution is 0.0600. The first-order valence-electron chi connectivity index (χ1n) is 6.05. The van der Waals surface area contributed by atoms with E-state index in [2.05, 4.69) is 0 Å². The first kappa shape index (κ1) is 12.1. The second-order valence-electron chi connectivity index (χ2n) is 4.38. The largest absolute Gasteiger partial charge is 0.496 e. The molecule has 0 amide bonds. The molecule has 1 aliphatic heterocycles. The van der Waals surface area contributed by atoms with Crippen molar-refractivity contribution in [1.29, 1.82) is 0 Å². The van der Waals surface area contributed by atoms with Crippen molar-refractivity contribution in [3.05, 3.63) is 29.8 Å². The molecule has 1 fully saturated rings. The summed E-state index contributed by atoms with van der Waals surface area (Å²) in [6, 6.07) is 7.42. The van der Waals surface area contributed by atoms with E-state index >= 15 is 0 Å². The van der Waals surface area contributed by atoms with Gasteiger partial charge in [-0.3, -0.25) is 4.79 Å². The SMILES string of the molecule is COc1ccccc1C(=O)CC1CCOCC1. The third kappa shape index (κ3) is 3.07. The number of ketones is 1. The smallest absolute Gasteiger partial charge is 0.166 e. The molecule has 0 aromatic heterocycles. The zero-order chi connectivity index (χ0) is 12.1. The average Bonchev–Trinajstić information content (AvgIpc) is 2.40. The first-order valence-corrected chi connectivity index (χ1v) is 6.05. The van der Waals surface area contributed by atoms with Crippen molar-refractivity contribution in [2.45, 2.75) is 19.3 Å². The van der Waals surface area contributed by atoms with Gasteiger partial charge >= 0.3 is 0 Å². The van der Waals surface area contributed by atoms with E-state index in [0.29, 0.717) is 23.7 Å². The number of hydrogen-bond acceptors (Lipinski definition) is 3. The highest BCUT2D eigenvalue weighted by molar-refractivity contribution is 5.98. The number of hydrogen-bond donors (Lipinski definition) is 0. The summed E-state index contributed by atoms with van der Waals surface area (Å²) in [7, 11) is 1.60. The molecular weight excluding hydrogens is 216 g/mol. The molecule has 3 nitrogen and oxygen atoms in total. The Morgan fingerprint density at radius 1 is 1.35 bits per heavy atom. The van der Waals surface area contributed by atoms with Crippen LogP contribution in [0.2, 0.25) is 0 Å². The number of ether oxygens (including phenoxy) is 2. The lowest BCUT2D eigenvalue weighted by Crippen LogP contribution is -2.19. The van der Waals surface area contributed by atoms with Crippen LogP contribution in [0.5, 0.6) is 5.75 Å². The third-order valence-electron chi connectivity index (χ3n) is 3.22. The minimum atomic E-state index is 0.175. The van der Waals surface area contributed by atoms with Gasteiger partial charge in [-0.2, -0.15) is 0 Å². The fourth-order valence-electron chi connectivity index (χ4n) is 2.20. The molecule has 0 saturated carbocycles. The molecule has 1 aromatic rings. The van der Waals surface area contributed by atoms with Gasteiger partial charge in [0.05, 0.1) is 12.7 Å². The fraction of sp³-hybridized carbons (Fsp3) is 0.500. The Morgan fingerprint density at radius 2 is 2.06 bits per heavy atom. The second kappa shape index (κ2) is 5.82. The molecule has 0 spiro atoms. The number of carbonyl (C=O) groups is 1. The van der Waals surface area contributed by atoms with Crippen LogP contribution in [0.15, 0.2) is 24.3 Å². The fourth-order valence-corrected chi connectivity index (χ4v) is 2.20. The Morgan fingerprint density at radius 3 is 2.76 bits per heavy atom. The highest BCUT2D eigenvalue weighted by Gasteiger charge is 2.20. The molecule has 3 heteroatoms. The summed E-state index contributed by atoms with van der Waals surface area (Å²) in [5, 5.41) is 0. The second-order valence-corrected chi connectivity index (χ2v) is 4.38. The summed E-state index contributed by atoms with van der Waals surface area (Å²) >= 11 is 0. The van der Waals surface area contributed by atoms with Crippen LogP contribution in [0.25, 0.3) is 0 Å². The molecule has 1 saturated heterocycles. The Bertz CT molecular complexity index is 381. The maximum absolute atomic E-state index is 12.2. The summed E-state index contributed by atoms with van der Waals surface area (Å²) in [5.74, 6) is 1.31. The Labute approximate surface area is 102 Å². The molecule has 0 atom stereocenters. The lowest BCUT2D eigenvalue weighted by Gasteiger charge is -2.21. The van der Waals surface area contributed by atoms with Crippen molar-refractivity contribution in [3.63, 3.8) is 0 Å². The van der Waals surface area contributed by atoms with Crippen LogP contribution in [-0.2, 0) is 4.74 Å². The van der Waals surface area contributed by atoms with Gasteiger partial charge < -0.3 is 9.47 Å². The number of carbonyl (C=O) groups excluding carboxylic acids is 1. The van der Waals surface area contributed by atoms with Gasteiger partial charge in [0, 0.05) is 19.6 Å². The molecule has 0 bridgehead atoms. The third-order valence-corrected chi connectivity index (χ3v) is 3.22. The first-order chi connectivity index (χ1) is 8.31. The van der Waals surface area contributed by atoms with Gasteiger partial charge in [-0.05, 0) is 30.9 Å². The normalized spacial score (nSPS) is 16.8. The van der Waals surface area contributed by atoms with Crippen LogP contribution < -0.4 is 4.74 Å². The van der Waals surface area contributed by atoms with Crippen LogP contribution in [0.3, 0.4) is 0 Å². The molecule has 0 unspecified atom stereocenters. The van der Waals surface area contributed by atoms with Crippen molar-refractivity contribution in [1.82, 2.24) is 0 Å².